The SMILES string of the molecule is CCCCC(NC(=O)OCC1c2ccccc2-c2ccccc21)C(=O)N[C@H]1CCO[C@H]1C(=O)O. The van der Waals surface area contributed by atoms with Gasteiger partial charge in [0.05, 0.1) is 6.04 Å². The monoisotopic (exact) mass is 466 g/mol. The van der Waals surface area contributed by atoms with Crippen LogP contribution in [0.5, 0.6) is 0 Å². The van der Waals surface area contributed by atoms with Crippen molar-refractivity contribution in [2.24, 2.45) is 0 Å². The summed E-state index contributed by atoms with van der Waals surface area (Å²) < 4.78 is 10.8. The zero-order chi connectivity index (χ0) is 24.1. The molecule has 0 saturated carbocycles. The van der Waals surface area contributed by atoms with Gasteiger partial charge in [0.2, 0.25) is 5.91 Å². The van der Waals surface area contributed by atoms with Gasteiger partial charge in [-0.3, -0.25) is 4.79 Å². The lowest BCUT2D eigenvalue weighted by atomic mass is 9.98. The molecule has 2 amide bonds. The van der Waals surface area contributed by atoms with Gasteiger partial charge in [-0.05, 0) is 35.1 Å². The molecule has 2 aromatic rings. The predicted molar refractivity (Wildman–Crippen MR) is 125 cm³/mol. The molecule has 1 heterocycles. The Bertz CT molecular complexity index is 1010. The second-order valence-electron chi connectivity index (χ2n) is 8.70. The third kappa shape index (κ3) is 5.07. The summed E-state index contributed by atoms with van der Waals surface area (Å²) in [7, 11) is 0. The number of hydrogen-bond donors (Lipinski definition) is 3. The minimum Gasteiger partial charge on any atom is -0.479 e. The van der Waals surface area contributed by atoms with Crippen molar-refractivity contribution in [2.75, 3.05) is 13.2 Å². The van der Waals surface area contributed by atoms with Gasteiger partial charge in [0.1, 0.15) is 12.6 Å². The number of carboxylic acids is 1. The summed E-state index contributed by atoms with van der Waals surface area (Å²) in [6.07, 6.45) is 0.665. The van der Waals surface area contributed by atoms with E-state index in [4.69, 9.17) is 9.47 Å². The highest BCUT2D eigenvalue weighted by Gasteiger charge is 2.37. The maximum Gasteiger partial charge on any atom is 0.407 e. The van der Waals surface area contributed by atoms with Gasteiger partial charge >= 0.3 is 12.1 Å². The Hall–Kier alpha value is -3.39. The summed E-state index contributed by atoms with van der Waals surface area (Å²) in [5.74, 6) is -1.62. The van der Waals surface area contributed by atoms with Crippen molar-refractivity contribution in [1.29, 1.82) is 0 Å². The fourth-order valence-electron chi connectivity index (χ4n) is 4.72. The van der Waals surface area contributed by atoms with Crippen molar-refractivity contribution in [3.8, 4) is 11.1 Å². The molecule has 1 aliphatic heterocycles. The number of nitrogens with one attached hydrogen (secondary N) is 2. The molecule has 0 radical (unpaired) electrons. The van der Waals surface area contributed by atoms with Crippen LogP contribution in [0, 0.1) is 0 Å². The number of rotatable bonds is 9. The van der Waals surface area contributed by atoms with Crippen molar-refractivity contribution >= 4 is 18.0 Å². The Morgan fingerprint density at radius 1 is 1.09 bits per heavy atom. The van der Waals surface area contributed by atoms with Crippen LogP contribution < -0.4 is 10.6 Å². The molecule has 34 heavy (non-hydrogen) atoms. The van der Waals surface area contributed by atoms with E-state index in [0.29, 0.717) is 12.8 Å². The van der Waals surface area contributed by atoms with Crippen molar-refractivity contribution in [2.45, 2.75) is 56.7 Å². The topological polar surface area (TPSA) is 114 Å². The molecule has 4 rings (SSSR count). The van der Waals surface area contributed by atoms with E-state index in [9.17, 15) is 19.5 Å². The average molecular weight is 467 g/mol. The van der Waals surface area contributed by atoms with E-state index >= 15 is 0 Å². The first-order valence-corrected chi connectivity index (χ1v) is 11.8. The quantitative estimate of drug-likeness (QED) is 0.522. The second-order valence-corrected chi connectivity index (χ2v) is 8.70. The van der Waals surface area contributed by atoms with E-state index in [1.165, 1.54) is 0 Å². The van der Waals surface area contributed by atoms with Crippen LogP contribution in [-0.2, 0) is 19.1 Å². The molecule has 0 spiro atoms. The zero-order valence-electron chi connectivity index (χ0n) is 19.2. The van der Waals surface area contributed by atoms with Crippen LogP contribution in [0.2, 0.25) is 0 Å². The highest BCUT2D eigenvalue weighted by Crippen LogP contribution is 2.44. The molecule has 0 bridgehead atoms. The van der Waals surface area contributed by atoms with Crippen LogP contribution in [0.25, 0.3) is 11.1 Å². The lowest BCUT2D eigenvalue weighted by Crippen LogP contribution is -2.52. The van der Waals surface area contributed by atoms with Crippen molar-refractivity contribution in [3.63, 3.8) is 0 Å². The molecule has 8 nitrogen and oxygen atoms in total. The molecule has 180 valence electrons. The summed E-state index contributed by atoms with van der Waals surface area (Å²) >= 11 is 0. The van der Waals surface area contributed by atoms with Crippen LogP contribution in [0.3, 0.4) is 0 Å². The summed E-state index contributed by atoms with van der Waals surface area (Å²) in [6.45, 7) is 2.41. The lowest BCUT2D eigenvalue weighted by Gasteiger charge is -2.22. The van der Waals surface area contributed by atoms with Crippen molar-refractivity contribution < 1.29 is 29.0 Å². The summed E-state index contributed by atoms with van der Waals surface area (Å²) in [4.78, 5) is 36.9. The minimum atomic E-state index is -1.11. The number of carbonyl (C=O) groups is 3. The Morgan fingerprint density at radius 3 is 2.35 bits per heavy atom. The van der Waals surface area contributed by atoms with Crippen molar-refractivity contribution in [3.05, 3.63) is 59.7 Å². The number of amides is 2. The molecule has 1 saturated heterocycles. The first kappa shape index (κ1) is 23.8. The molecule has 1 unspecified atom stereocenters. The van der Waals surface area contributed by atoms with E-state index < -0.39 is 36.2 Å². The number of ether oxygens (including phenoxy) is 2. The maximum absolute atomic E-state index is 12.9. The van der Waals surface area contributed by atoms with Gasteiger partial charge < -0.3 is 25.2 Å². The molecule has 2 aliphatic rings. The lowest BCUT2D eigenvalue weighted by molar-refractivity contribution is -0.148. The number of unbranched alkanes of at least 4 members (excludes halogenated alkanes) is 1. The standard InChI is InChI=1S/C26H30N2O6/c1-2-3-12-22(24(29)27-21-13-14-33-23(21)25(30)31)28-26(32)34-15-20-18-10-6-4-8-16(18)17-9-5-7-11-19(17)20/h4-11,20-23H,2-3,12-15H2,1H3,(H,27,29)(H,28,32)(H,30,31)/t21-,22?,23+/m0/s1. The molecular formula is C26H30N2O6. The summed E-state index contributed by atoms with van der Waals surface area (Å²) in [5.41, 5.74) is 4.49. The third-order valence-electron chi connectivity index (χ3n) is 6.46. The number of hydrogen-bond acceptors (Lipinski definition) is 5. The van der Waals surface area contributed by atoms with Crippen LogP contribution in [0.1, 0.15) is 49.7 Å². The van der Waals surface area contributed by atoms with Crippen LogP contribution in [0.4, 0.5) is 4.79 Å². The molecule has 3 atom stereocenters. The fourth-order valence-corrected chi connectivity index (χ4v) is 4.72. The number of carboxylic acid groups (broad SMARTS) is 1. The minimum absolute atomic E-state index is 0.0759. The highest BCUT2D eigenvalue weighted by molar-refractivity contribution is 5.87. The Kier molecular flexibility index (Phi) is 7.47. The summed E-state index contributed by atoms with van der Waals surface area (Å²) in [6, 6.07) is 14.7. The molecule has 0 aromatic heterocycles. The first-order chi connectivity index (χ1) is 16.5. The number of alkyl carbamates (subject to hydrolysis) is 1. The van der Waals surface area contributed by atoms with Gasteiger partial charge in [-0.15, -0.1) is 0 Å². The highest BCUT2D eigenvalue weighted by atomic mass is 16.5. The second kappa shape index (κ2) is 10.7. The largest absolute Gasteiger partial charge is 0.479 e. The van der Waals surface area contributed by atoms with Gasteiger partial charge in [-0.2, -0.15) is 0 Å². The number of carbonyl (C=O) groups excluding carboxylic acids is 2. The smallest absolute Gasteiger partial charge is 0.407 e. The zero-order valence-corrected chi connectivity index (χ0v) is 19.2. The third-order valence-corrected chi connectivity index (χ3v) is 6.46. The molecule has 3 N–H and O–H groups in total. The van der Waals surface area contributed by atoms with Gasteiger partial charge in [0.25, 0.3) is 0 Å². The predicted octanol–water partition coefficient (Wildman–Crippen LogP) is 3.44. The number of fused-ring (bicyclic) bond motifs is 3. The molecule has 1 aliphatic carbocycles. The van der Waals surface area contributed by atoms with E-state index in [2.05, 4.69) is 22.8 Å². The fraction of sp³-hybridized carbons (Fsp3) is 0.423. The Balaban J connectivity index is 1.39. The Morgan fingerprint density at radius 2 is 1.74 bits per heavy atom. The first-order valence-electron chi connectivity index (χ1n) is 11.8. The van der Waals surface area contributed by atoms with E-state index in [1.807, 2.05) is 43.3 Å². The number of benzene rings is 2. The average Bonchev–Trinajstić information content (AvgIpc) is 3.43. The molecule has 1 fully saturated rings. The summed E-state index contributed by atoms with van der Waals surface area (Å²) in [5, 5.41) is 14.7. The van der Waals surface area contributed by atoms with E-state index in [0.717, 1.165) is 35.1 Å². The molecule has 8 heteroatoms. The van der Waals surface area contributed by atoms with Gasteiger partial charge in [-0.1, -0.05) is 68.3 Å². The number of aliphatic carboxylic acids is 1. The van der Waals surface area contributed by atoms with E-state index in [1.54, 1.807) is 0 Å². The van der Waals surface area contributed by atoms with Crippen molar-refractivity contribution in [1.82, 2.24) is 10.6 Å². The molecular weight excluding hydrogens is 436 g/mol. The van der Waals surface area contributed by atoms with Crippen LogP contribution in [0.15, 0.2) is 48.5 Å². The van der Waals surface area contributed by atoms with Gasteiger partial charge in [-0.25, -0.2) is 9.59 Å². The van der Waals surface area contributed by atoms with Crippen LogP contribution in [-0.4, -0.2) is 54.5 Å². The van der Waals surface area contributed by atoms with Crippen LogP contribution >= 0.6 is 0 Å². The van der Waals surface area contributed by atoms with Gasteiger partial charge in [0, 0.05) is 12.5 Å². The Labute approximate surface area is 198 Å². The van der Waals surface area contributed by atoms with E-state index in [-0.39, 0.29) is 19.1 Å². The van der Waals surface area contributed by atoms with Gasteiger partial charge in [0.15, 0.2) is 6.10 Å². The normalized spacial score (nSPS) is 19.7. The molecule has 2 aromatic carbocycles. The maximum atomic E-state index is 12.9.